The number of nitrogens with two attached hydrogens (primary N) is 1. The first-order chi connectivity index (χ1) is 13.0. The molecule has 0 heterocycles. The third-order valence-electron chi connectivity index (χ3n) is 4.92. The Morgan fingerprint density at radius 1 is 0.852 bits per heavy atom. The van der Waals surface area contributed by atoms with Crippen molar-refractivity contribution in [1.82, 2.24) is 0 Å². The third-order valence-corrected chi connectivity index (χ3v) is 4.92. The van der Waals surface area contributed by atoms with E-state index in [2.05, 4.69) is 0 Å². The minimum absolute atomic E-state index is 0.253. The van der Waals surface area contributed by atoms with Gasteiger partial charge in [-0.1, -0.05) is 30.3 Å². The number of rotatable bonds is 3. The number of carbonyl (C=O) groups excluding carboxylic acids is 2. The highest BCUT2D eigenvalue weighted by molar-refractivity contribution is 6.30. The van der Waals surface area contributed by atoms with E-state index in [1.54, 1.807) is 24.3 Å². The van der Waals surface area contributed by atoms with Gasteiger partial charge in [-0.05, 0) is 59.5 Å². The highest BCUT2D eigenvalue weighted by Crippen LogP contribution is 2.37. The molecule has 2 N–H and O–H groups in total. The van der Waals surface area contributed by atoms with Crippen molar-refractivity contribution < 1.29 is 18.8 Å². The minimum atomic E-state index is -0.912. The van der Waals surface area contributed by atoms with Crippen molar-refractivity contribution in [2.24, 2.45) is 5.90 Å². The van der Waals surface area contributed by atoms with Crippen LogP contribution in [0, 0.1) is 12.7 Å². The smallest absolute Gasteiger partial charge is 0.178 e. The van der Waals surface area contributed by atoms with Gasteiger partial charge in [0.2, 0.25) is 0 Å². The molecule has 3 aromatic rings. The number of Topliss-reactive ketones (excluding diaryl/α,β-unsaturated/α-hetero) is 2. The van der Waals surface area contributed by atoms with Gasteiger partial charge in [0.1, 0.15) is 17.5 Å². The van der Waals surface area contributed by atoms with E-state index in [4.69, 9.17) is 10.7 Å². The lowest BCUT2D eigenvalue weighted by Crippen LogP contribution is -2.12. The van der Waals surface area contributed by atoms with Crippen LogP contribution in [0.3, 0.4) is 0 Å². The Morgan fingerprint density at radius 3 is 2.19 bits per heavy atom. The van der Waals surface area contributed by atoms with Gasteiger partial charge in [-0.3, -0.25) is 9.59 Å². The topological polar surface area (TPSA) is 69.4 Å². The zero-order chi connectivity index (χ0) is 19.1. The molecule has 3 aromatic carbocycles. The zero-order valence-corrected chi connectivity index (χ0v) is 14.5. The first-order valence-corrected chi connectivity index (χ1v) is 8.45. The molecule has 0 fully saturated rings. The normalized spacial score (nSPS) is 15.7. The summed E-state index contributed by atoms with van der Waals surface area (Å²) in [5.41, 5.74) is 3.98. The van der Waals surface area contributed by atoms with Crippen LogP contribution in [0.15, 0.2) is 60.7 Å². The molecule has 1 aliphatic rings. The van der Waals surface area contributed by atoms with Crippen LogP contribution in [0.4, 0.5) is 4.39 Å². The molecule has 1 atom stereocenters. The number of ketones is 2. The zero-order valence-electron chi connectivity index (χ0n) is 14.5. The molecule has 0 bridgehead atoms. The quantitative estimate of drug-likeness (QED) is 0.560. The average molecular weight is 361 g/mol. The van der Waals surface area contributed by atoms with Crippen molar-refractivity contribution in [2.45, 2.75) is 12.8 Å². The number of fused-ring (bicyclic) bond motifs is 1. The Labute approximate surface area is 155 Å². The molecule has 0 aliphatic heterocycles. The summed E-state index contributed by atoms with van der Waals surface area (Å²) in [5, 5.41) is 0. The van der Waals surface area contributed by atoms with Crippen LogP contribution in [0.5, 0.6) is 5.75 Å². The largest absolute Gasteiger partial charge is 0.412 e. The molecule has 0 spiro atoms. The standard InChI is InChI=1S/C22H16FNO3/c1-12-10-16(27-24)7-9-17(12)14-4-8-18-19(11-14)22(26)20(21(18)25)13-2-5-15(23)6-3-13/h2-11,20H,24H2,1H3. The van der Waals surface area contributed by atoms with E-state index < -0.39 is 11.7 Å². The molecule has 0 saturated heterocycles. The van der Waals surface area contributed by atoms with Gasteiger partial charge in [-0.2, -0.15) is 5.90 Å². The van der Waals surface area contributed by atoms with Crippen molar-refractivity contribution in [2.75, 3.05) is 0 Å². The minimum Gasteiger partial charge on any atom is -0.412 e. The lowest BCUT2D eigenvalue weighted by atomic mass is 9.94. The van der Waals surface area contributed by atoms with Crippen LogP contribution >= 0.6 is 0 Å². The number of hydrogen-bond donors (Lipinski definition) is 1. The van der Waals surface area contributed by atoms with E-state index in [1.807, 2.05) is 19.1 Å². The van der Waals surface area contributed by atoms with E-state index in [9.17, 15) is 14.0 Å². The predicted molar refractivity (Wildman–Crippen MR) is 99.2 cm³/mol. The molecule has 0 saturated carbocycles. The van der Waals surface area contributed by atoms with Crippen LogP contribution in [0.1, 0.15) is 37.8 Å². The van der Waals surface area contributed by atoms with E-state index in [0.29, 0.717) is 22.4 Å². The van der Waals surface area contributed by atoms with Gasteiger partial charge in [0.25, 0.3) is 0 Å². The Balaban J connectivity index is 1.76. The van der Waals surface area contributed by atoms with Gasteiger partial charge in [0.05, 0.1) is 0 Å². The number of benzene rings is 3. The number of halogens is 1. The summed E-state index contributed by atoms with van der Waals surface area (Å²) in [5.74, 6) is 3.90. The van der Waals surface area contributed by atoms with Gasteiger partial charge in [0.15, 0.2) is 11.6 Å². The molecule has 4 rings (SSSR count). The Hall–Kier alpha value is -3.31. The maximum absolute atomic E-state index is 13.2. The van der Waals surface area contributed by atoms with E-state index in [1.165, 1.54) is 24.3 Å². The summed E-state index contributed by atoms with van der Waals surface area (Å²) in [4.78, 5) is 30.4. The van der Waals surface area contributed by atoms with Crippen LogP contribution in [-0.2, 0) is 0 Å². The molecule has 134 valence electrons. The second-order valence-electron chi connectivity index (χ2n) is 6.57. The van der Waals surface area contributed by atoms with Gasteiger partial charge < -0.3 is 4.84 Å². The van der Waals surface area contributed by atoms with E-state index in [-0.39, 0.29) is 11.6 Å². The molecular weight excluding hydrogens is 345 g/mol. The lowest BCUT2D eigenvalue weighted by molar-refractivity contribution is 0.0890. The summed E-state index contributed by atoms with van der Waals surface area (Å²) in [6.45, 7) is 1.92. The molecule has 4 nitrogen and oxygen atoms in total. The third kappa shape index (κ3) is 2.82. The highest BCUT2D eigenvalue weighted by Gasteiger charge is 2.39. The van der Waals surface area contributed by atoms with E-state index in [0.717, 1.165) is 16.7 Å². The maximum atomic E-state index is 13.2. The van der Waals surface area contributed by atoms with Gasteiger partial charge >= 0.3 is 0 Å². The van der Waals surface area contributed by atoms with Crippen molar-refractivity contribution in [3.05, 3.63) is 88.7 Å². The lowest BCUT2D eigenvalue weighted by Gasteiger charge is -2.09. The summed E-state index contributed by atoms with van der Waals surface area (Å²) >= 11 is 0. The molecular formula is C22H16FNO3. The van der Waals surface area contributed by atoms with Crippen LogP contribution in [0.2, 0.25) is 0 Å². The van der Waals surface area contributed by atoms with Crippen LogP contribution in [0.25, 0.3) is 11.1 Å². The SMILES string of the molecule is Cc1cc(ON)ccc1-c1ccc2c(c1)C(=O)C(c1ccc(F)cc1)C2=O. The highest BCUT2D eigenvalue weighted by atomic mass is 19.1. The molecule has 0 radical (unpaired) electrons. The molecule has 27 heavy (non-hydrogen) atoms. The first-order valence-electron chi connectivity index (χ1n) is 8.45. The van der Waals surface area contributed by atoms with Crippen LogP contribution in [-0.4, -0.2) is 11.6 Å². The fourth-order valence-electron chi connectivity index (χ4n) is 3.55. The van der Waals surface area contributed by atoms with Crippen molar-refractivity contribution in [1.29, 1.82) is 0 Å². The summed E-state index contributed by atoms with van der Waals surface area (Å²) in [7, 11) is 0. The second-order valence-corrected chi connectivity index (χ2v) is 6.57. The van der Waals surface area contributed by atoms with Gasteiger partial charge in [-0.25, -0.2) is 4.39 Å². The van der Waals surface area contributed by atoms with Crippen LogP contribution < -0.4 is 10.7 Å². The van der Waals surface area contributed by atoms with E-state index >= 15 is 0 Å². The van der Waals surface area contributed by atoms with Crippen molar-refractivity contribution in [3.8, 4) is 16.9 Å². The fourth-order valence-corrected chi connectivity index (χ4v) is 3.55. The summed E-state index contributed by atoms with van der Waals surface area (Å²) < 4.78 is 13.2. The predicted octanol–water partition coefficient (Wildman–Crippen LogP) is 4.22. The summed E-state index contributed by atoms with van der Waals surface area (Å²) in [6.07, 6.45) is 0. The summed E-state index contributed by atoms with van der Waals surface area (Å²) in [6, 6.07) is 16.1. The molecule has 5 heteroatoms. The average Bonchev–Trinajstić information content (AvgIpc) is 2.92. The molecule has 1 aliphatic carbocycles. The monoisotopic (exact) mass is 361 g/mol. The number of hydrogen-bond acceptors (Lipinski definition) is 4. The fraction of sp³-hybridized carbons (Fsp3) is 0.0909. The second kappa shape index (κ2) is 6.45. The van der Waals surface area contributed by atoms with Crippen molar-refractivity contribution in [3.63, 3.8) is 0 Å². The molecule has 0 aromatic heterocycles. The molecule has 0 amide bonds. The first kappa shape index (κ1) is 17.1. The maximum Gasteiger partial charge on any atom is 0.178 e. The Bertz CT molecular complexity index is 1070. The number of aryl methyl sites for hydroxylation is 1. The van der Waals surface area contributed by atoms with Gasteiger partial charge in [0, 0.05) is 11.1 Å². The van der Waals surface area contributed by atoms with Gasteiger partial charge in [-0.15, -0.1) is 0 Å². The van der Waals surface area contributed by atoms with Crippen molar-refractivity contribution >= 4 is 11.6 Å². The number of carbonyl (C=O) groups is 2. The Kier molecular flexibility index (Phi) is 4.09. The molecule has 1 unspecified atom stereocenters. The Morgan fingerprint density at radius 2 is 1.52 bits per heavy atom.